The summed E-state index contributed by atoms with van der Waals surface area (Å²) < 4.78 is 0. The number of aromatic nitrogens is 2. The number of rotatable bonds is 2. The Morgan fingerprint density at radius 2 is 1.93 bits per heavy atom. The van der Waals surface area contributed by atoms with Gasteiger partial charge < -0.3 is 20.1 Å². The number of imidazole rings is 1. The van der Waals surface area contributed by atoms with Gasteiger partial charge in [-0.3, -0.25) is 9.69 Å². The highest BCUT2D eigenvalue weighted by Gasteiger charge is 2.34. The fourth-order valence-corrected chi connectivity index (χ4v) is 4.17. The van der Waals surface area contributed by atoms with Crippen LogP contribution in [0.25, 0.3) is 11.0 Å². The van der Waals surface area contributed by atoms with Gasteiger partial charge in [0.1, 0.15) is 0 Å². The molecule has 0 spiro atoms. The van der Waals surface area contributed by atoms with Crippen LogP contribution in [0.3, 0.4) is 0 Å². The van der Waals surface area contributed by atoms with Gasteiger partial charge in [-0.15, -0.1) is 0 Å². The molecule has 7 nitrogen and oxygen atoms in total. The smallest absolute Gasteiger partial charge is 0.241 e. The summed E-state index contributed by atoms with van der Waals surface area (Å²) in [7, 11) is 0. The number of fused-ring (bicyclic) bond motifs is 1. The summed E-state index contributed by atoms with van der Waals surface area (Å²) in [6.07, 6.45) is 0. The summed E-state index contributed by atoms with van der Waals surface area (Å²) in [6.45, 7) is 12.2. The normalized spacial score (nSPS) is 22.1. The van der Waals surface area contributed by atoms with Crippen molar-refractivity contribution < 1.29 is 4.79 Å². The van der Waals surface area contributed by atoms with Gasteiger partial charge in [0.15, 0.2) is 0 Å². The molecular weight excluding hydrogens is 376 g/mol. The lowest BCUT2D eigenvalue weighted by Crippen LogP contribution is -2.63. The Hall–Kier alpha value is -1.83. The summed E-state index contributed by atoms with van der Waals surface area (Å²) in [4.78, 5) is 27.6. The van der Waals surface area contributed by atoms with Crippen LogP contribution in [0.15, 0.2) is 18.2 Å². The minimum Gasteiger partial charge on any atom is -0.339 e. The van der Waals surface area contributed by atoms with Crippen molar-refractivity contribution in [1.29, 1.82) is 0 Å². The first-order valence-electron chi connectivity index (χ1n) is 9.99. The predicted octanol–water partition coefficient (Wildman–Crippen LogP) is 1.94. The van der Waals surface area contributed by atoms with Gasteiger partial charge >= 0.3 is 0 Å². The van der Waals surface area contributed by atoms with E-state index >= 15 is 0 Å². The molecule has 28 heavy (non-hydrogen) atoms. The second kappa shape index (κ2) is 7.54. The summed E-state index contributed by atoms with van der Waals surface area (Å²) in [5, 5.41) is 4.09. The number of anilines is 1. The quantitative estimate of drug-likeness (QED) is 0.800. The number of aromatic amines is 1. The number of nitrogens with zero attached hydrogens (tertiary/aromatic N) is 4. The third-order valence-corrected chi connectivity index (χ3v) is 5.98. The predicted molar refractivity (Wildman–Crippen MR) is 113 cm³/mol. The van der Waals surface area contributed by atoms with Crippen LogP contribution in [0.5, 0.6) is 0 Å². The van der Waals surface area contributed by atoms with Gasteiger partial charge in [0.25, 0.3) is 0 Å². The molecule has 0 saturated carbocycles. The van der Waals surface area contributed by atoms with Crippen LogP contribution in [0.1, 0.15) is 20.8 Å². The zero-order chi connectivity index (χ0) is 19.9. The van der Waals surface area contributed by atoms with E-state index in [0.29, 0.717) is 18.1 Å². The van der Waals surface area contributed by atoms with E-state index in [1.165, 1.54) is 0 Å². The Balaban J connectivity index is 1.37. The number of carbonyl (C=O) groups excluding carboxylic acids is 1. The van der Waals surface area contributed by atoms with Crippen LogP contribution in [-0.4, -0.2) is 83.1 Å². The van der Waals surface area contributed by atoms with E-state index in [-0.39, 0.29) is 17.5 Å². The molecule has 0 unspecified atom stereocenters. The van der Waals surface area contributed by atoms with E-state index in [9.17, 15) is 4.79 Å². The maximum absolute atomic E-state index is 13.0. The van der Waals surface area contributed by atoms with Crippen LogP contribution < -0.4 is 10.2 Å². The van der Waals surface area contributed by atoms with E-state index < -0.39 is 0 Å². The van der Waals surface area contributed by atoms with E-state index in [0.717, 1.165) is 49.7 Å². The SMILES string of the molecule is CC(C)(C)N1CCN[C@H](C(=O)N2CCN(c3nc4cc(Cl)ccc4[nH]3)CC2)C1. The topological polar surface area (TPSA) is 67.5 Å². The first kappa shape index (κ1) is 19.5. The van der Waals surface area contributed by atoms with Crippen LogP contribution in [0.4, 0.5) is 5.95 Å². The van der Waals surface area contributed by atoms with Gasteiger partial charge in [-0.1, -0.05) is 11.6 Å². The molecule has 3 heterocycles. The largest absolute Gasteiger partial charge is 0.339 e. The first-order chi connectivity index (χ1) is 13.3. The van der Waals surface area contributed by atoms with Crippen molar-refractivity contribution in [3.63, 3.8) is 0 Å². The Labute approximate surface area is 171 Å². The van der Waals surface area contributed by atoms with E-state index in [1.807, 2.05) is 23.1 Å². The number of piperazine rings is 2. The molecule has 8 heteroatoms. The van der Waals surface area contributed by atoms with Crippen molar-refractivity contribution in [2.45, 2.75) is 32.4 Å². The van der Waals surface area contributed by atoms with Crippen molar-refractivity contribution in [2.75, 3.05) is 50.7 Å². The molecule has 1 aromatic heterocycles. The highest BCUT2D eigenvalue weighted by atomic mass is 35.5. The standard InChI is InChI=1S/C20H29ClN6O/c1-20(2,3)27-7-6-22-17(13-27)18(28)25-8-10-26(11-9-25)19-23-15-5-4-14(21)12-16(15)24-19/h4-5,12,17,22H,6-11,13H2,1-3H3,(H,23,24)/t17-/m0/s1. The molecule has 0 aliphatic carbocycles. The molecule has 2 aromatic rings. The monoisotopic (exact) mass is 404 g/mol. The Bertz CT molecular complexity index is 852. The maximum Gasteiger partial charge on any atom is 0.241 e. The molecule has 2 aliphatic rings. The highest BCUT2D eigenvalue weighted by Crippen LogP contribution is 2.22. The van der Waals surface area contributed by atoms with E-state index in [2.05, 4.69) is 45.9 Å². The van der Waals surface area contributed by atoms with Gasteiger partial charge in [-0.25, -0.2) is 4.98 Å². The zero-order valence-corrected chi connectivity index (χ0v) is 17.6. The van der Waals surface area contributed by atoms with Crippen molar-refractivity contribution in [3.05, 3.63) is 23.2 Å². The number of amides is 1. The summed E-state index contributed by atoms with van der Waals surface area (Å²) in [5.74, 6) is 1.06. The number of H-pyrrole nitrogens is 1. The summed E-state index contributed by atoms with van der Waals surface area (Å²) in [6, 6.07) is 5.56. The lowest BCUT2D eigenvalue weighted by atomic mass is 10.0. The lowest BCUT2D eigenvalue weighted by Gasteiger charge is -2.43. The number of nitrogens with one attached hydrogen (secondary N) is 2. The Kier molecular flexibility index (Phi) is 5.24. The van der Waals surface area contributed by atoms with Gasteiger partial charge in [-0.05, 0) is 39.0 Å². The maximum atomic E-state index is 13.0. The highest BCUT2D eigenvalue weighted by molar-refractivity contribution is 6.31. The molecule has 1 amide bonds. The summed E-state index contributed by atoms with van der Waals surface area (Å²) >= 11 is 6.06. The molecular formula is C20H29ClN6O. The first-order valence-corrected chi connectivity index (χ1v) is 10.4. The van der Waals surface area contributed by atoms with Crippen LogP contribution in [-0.2, 0) is 4.79 Å². The Morgan fingerprint density at radius 3 is 2.64 bits per heavy atom. The molecule has 2 saturated heterocycles. The number of hydrogen-bond acceptors (Lipinski definition) is 5. The van der Waals surface area contributed by atoms with Crippen LogP contribution in [0.2, 0.25) is 5.02 Å². The Morgan fingerprint density at radius 1 is 1.18 bits per heavy atom. The molecule has 2 aliphatic heterocycles. The zero-order valence-electron chi connectivity index (χ0n) is 16.8. The van der Waals surface area contributed by atoms with Crippen molar-refractivity contribution in [1.82, 2.24) is 25.1 Å². The minimum atomic E-state index is -0.118. The fourth-order valence-electron chi connectivity index (χ4n) is 4.00. The van der Waals surface area contributed by atoms with Gasteiger partial charge in [-0.2, -0.15) is 0 Å². The van der Waals surface area contributed by atoms with Crippen LogP contribution in [0, 0.1) is 0 Å². The van der Waals surface area contributed by atoms with E-state index in [4.69, 9.17) is 11.6 Å². The third-order valence-electron chi connectivity index (χ3n) is 5.75. The molecule has 2 N–H and O–H groups in total. The lowest BCUT2D eigenvalue weighted by molar-refractivity contribution is -0.135. The molecule has 0 bridgehead atoms. The second-order valence-electron chi connectivity index (χ2n) is 8.66. The molecule has 4 rings (SSSR count). The number of halogens is 1. The fraction of sp³-hybridized carbons (Fsp3) is 0.600. The number of carbonyl (C=O) groups is 1. The van der Waals surface area contributed by atoms with Gasteiger partial charge in [0.05, 0.1) is 17.1 Å². The third kappa shape index (κ3) is 3.97. The molecule has 152 valence electrons. The molecule has 2 fully saturated rings. The average Bonchev–Trinajstić information content (AvgIpc) is 3.10. The average molecular weight is 405 g/mol. The molecule has 0 radical (unpaired) electrons. The van der Waals surface area contributed by atoms with Crippen LogP contribution >= 0.6 is 11.6 Å². The second-order valence-corrected chi connectivity index (χ2v) is 9.09. The summed E-state index contributed by atoms with van der Waals surface area (Å²) in [5.41, 5.74) is 1.94. The van der Waals surface area contributed by atoms with Crippen molar-refractivity contribution in [2.24, 2.45) is 0 Å². The number of hydrogen-bond donors (Lipinski definition) is 2. The van der Waals surface area contributed by atoms with E-state index in [1.54, 1.807) is 0 Å². The molecule has 1 aromatic carbocycles. The van der Waals surface area contributed by atoms with Gasteiger partial charge in [0, 0.05) is 56.4 Å². The molecule has 1 atom stereocenters. The number of benzene rings is 1. The minimum absolute atomic E-state index is 0.0868. The van der Waals surface area contributed by atoms with Crippen molar-refractivity contribution in [3.8, 4) is 0 Å². The van der Waals surface area contributed by atoms with Gasteiger partial charge in [0.2, 0.25) is 11.9 Å². The van der Waals surface area contributed by atoms with Crippen molar-refractivity contribution >= 4 is 34.5 Å².